The maximum atomic E-state index is 12.1. The molecular weight excluding hydrogens is 296 g/mol. The first kappa shape index (κ1) is 16.5. The van der Waals surface area contributed by atoms with Gasteiger partial charge in [-0.05, 0) is 18.9 Å². The van der Waals surface area contributed by atoms with Gasteiger partial charge in [0.25, 0.3) is 0 Å². The molecule has 0 aliphatic carbocycles. The molecule has 5 N–H and O–H groups in total. The van der Waals surface area contributed by atoms with Crippen molar-refractivity contribution >= 4 is 23.8 Å². The third-order valence-corrected chi connectivity index (χ3v) is 3.12. The predicted octanol–water partition coefficient (Wildman–Crippen LogP) is 0.870. The van der Waals surface area contributed by atoms with E-state index < -0.39 is 0 Å². The second-order valence-electron chi connectivity index (χ2n) is 4.90. The molecule has 0 radical (unpaired) electrons. The van der Waals surface area contributed by atoms with Crippen molar-refractivity contribution in [3.63, 3.8) is 0 Å². The van der Waals surface area contributed by atoms with Gasteiger partial charge in [-0.25, -0.2) is 0 Å². The minimum Gasteiger partial charge on any atom is -0.466 e. The minimum atomic E-state index is -0.378. The Labute approximate surface area is 134 Å². The van der Waals surface area contributed by atoms with Crippen molar-refractivity contribution < 1.29 is 9.53 Å². The minimum absolute atomic E-state index is 0.0238. The second kappa shape index (κ2) is 7.92. The third kappa shape index (κ3) is 5.10. The SMILES string of the molecule is CCOC(=O)C(CNc1nc(N)nc(N)n1)Cc1ccccc1. The molecule has 0 spiro atoms. The van der Waals surface area contributed by atoms with Crippen LogP contribution in [0.3, 0.4) is 0 Å². The number of nitrogen functional groups attached to an aromatic ring is 2. The molecule has 122 valence electrons. The molecule has 0 fully saturated rings. The summed E-state index contributed by atoms with van der Waals surface area (Å²) in [4.78, 5) is 23.7. The zero-order valence-corrected chi connectivity index (χ0v) is 12.9. The summed E-state index contributed by atoms with van der Waals surface area (Å²) in [6, 6.07) is 9.71. The van der Waals surface area contributed by atoms with Gasteiger partial charge in [-0.3, -0.25) is 4.79 Å². The zero-order chi connectivity index (χ0) is 16.7. The number of nitrogens with one attached hydrogen (secondary N) is 1. The molecule has 1 atom stereocenters. The topological polar surface area (TPSA) is 129 Å². The van der Waals surface area contributed by atoms with Crippen molar-refractivity contribution in [1.29, 1.82) is 0 Å². The van der Waals surface area contributed by atoms with Crippen LogP contribution in [-0.4, -0.2) is 34.1 Å². The Balaban J connectivity index is 2.06. The number of carbonyl (C=O) groups excluding carboxylic acids is 1. The van der Waals surface area contributed by atoms with E-state index in [0.717, 1.165) is 5.56 Å². The highest BCUT2D eigenvalue weighted by atomic mass is 16.5. The molecule has 23 heavy (non-hydrogen) atoms. The Hall–Kier alpha value is -2.90. The van der Waals surface area contributed by atoms with E-state index in [-0.39, 0.29) is 29.7 Å². The lowest BCUT2D eigenvalue weighted by Gasteiger charge is -2.16. The average molecular weight is 316 g/mol. The largest absolute Gasteiger partial charge is 0.466 e. The molecule has 1 heterocycles. The number of hydrogen-bond acceptors (Lipinski definition) is 8. The Morgan fingerprint density at radius 2 is 1.83 bits per heavy atom. The van der Waals surface area contributed by atoms with Gasteiger partial charge in [0.05, 0.1) is 12.5 Å². The van der Waals surface area contributed by atoms with Crippen LogP contribution in [0.25, 0.3) is 0 Å². The molecule has 0 saturated carbocycles. The lowest BCUT2D eigenvalue weighted by Crippen LogP contribution is -2.28. The standard InChI is InChI=1S/C15H20N6O2/c1-2-23-12(22)11(8-10-6-4-3-5-7-10)9-18-15-20-13(16)19-14(17)21-15/h3-7,11H,2,8-9H2,1H3,(H5,16,17,18,19,20,21). The summed E-state index contributed by atoms with van der Waals surface area (Å²) in [7, 11) is 0. The molecule has 0 amide bonds. The average Bonchev–Trinajstić information content (AvgIpc) is 2.51. The highest BCUT2D eigenvalue weighted by molar-refractivity contribution is 5.73. The summed E-state index contributed by atoms with van der Waals surface area (Å²) in [5.74, 6) is -0.376. The zero-order valence-electron chi connectivity index (χ0n) is 12.9. The fourth-order valence-electron chi connectivity index (χ4n) is 2.10. The van der Waals surface area contributed by atoms with E-state index in [1.807, 2.05) is 30.3 Å². The number of nitrogens with two attached hydrogens (primary N) is 2. The normalized spacial score (nSPS) is 11.7. The maximum Gasteiger partial charge on any atom is 0.311 e. The number of esters is 1. The summed E-state index contributed by atoms with van der Waals surface area (Å²) < 4.78 is 5.13. The van der Waals surface area contributed by atoms with Crippen LogP contribution in [0.5, 0.6) is 0 Å². The number of carbonyl (C=O) groups is 1. The summed E-state index contributed by atoms with van der Waals surface area (Å²) in [6.07, 6.45) is 0.544. The summed E-state index contributed by atoms with van der Waals surface area (Å²) in [6.45, 7) is 2.41. The first-order valence-electron chi connectivity index (χ1n) is 7.30. The molecule has 1 aromatic heterocycles. The molecule has 8 nitrogen and oxygen atoms in total. The number of anilines is 3. The molecule has 8 heteroatoms. The second-order valence-corrected chi connectivity index (χ2v) is 4.90. The highest BCUT2D eigenvalue weighted by Crippen LogP contribution is 2.12. The van der Waals surface area contributed by atoms with Crippen LogP contribution in [-0.2, 0) is 16.0 Å². The maximum absolute atomic E-state index is 12.1. The first-order valence-corrected chi connectivity index (χ1v) is 7.30. The van der Waals surface area contributed by atoms with Gasteiger partial charge in [0.2, 0.25) is 17.8 Å². The fourth-order valence-corrected chi connectivity index (χ4v) is 2.10. The van der Waals surface area contributed by atoms with Gasteiger partial charge in [0.15, 0.2) is 0 Å². The van der Waals surface area contributed by atoms with Gasteiger partial charge in [-0.2, -0.15) is 15.0 Å². The van der Waals surface area contributed by atoms with Crippen molar-refractivity contribution in [3.8, 4) is 0 Å². The van der Waals surface area contributed by atoms with E-state index in [9.17, 15) is 4.79 Å². The number of ether oxygens (including phenoxy) is 1. The molecule has 1 unspecified atom stereocenters. The Kier molecular flexibility index (Phi) is 5.67. The summed E-state index contributed by atoms with van der Waals surface area (Å²) in [5, 5.41) is 2.96. The van der Waals surface area contributed by atoms with Gasteiger partial charge in [0, 0.05) is 6.54 Å². The van der Waals surface area contributed by atoms with E-state index >= 15 is 0 Å². The van der Waals surface area contributed by atoms with Crippen molar-refractivity contribution in [3.05, 3.63) is 35.9 Å². The molecule has 1 aromatic carbocycles. The van der Waals surface area contributed by atoms with Crippen LogP contribution >= 0.6 is 0 Å². The molecule has 0 aliphatic heterocycles. The molecule has 0 aliphatic rings. The van der Waals surface area contributed by atoms with Gasteiger partial charge in [-0.15, -0.1) is 0 Å². The van der Waals surface area contributed by atoms with Crippen LogP contribution in [0.1, 0.15) is 12.5 Å². The third-order valence-electron chi connectivity index (χ3n) is 3.12. The first-order chi connectivity index (χ1) is 11.1. The van der Waals surface area contributed by atoms with Crippen LogP contribution in [0.2, 0.25) is 0 Å². The molecular formula is C15H20N6O2. The van der Waals surface area contributed by atoms with Crippen LogP contribution in [0.4, 0.5) is 17.8 Å². The van der Waals surface area contributed by atoms with E-state index in [1.54, 1.807) is 6.92 Å². The van der Waals surface area contributed by atoms with Gasteiger partial charge in [0.1, 0.15) is 0 Å². The van der Waals surface area contributed by atoms with Gasteiger partial charge in [-0.1, -0.05) is 30.3 Å². The Morgan fingerprint density at radius 3 is 2.43 bits per heavy atom. The highest BCUT2D eigenvalue weighted by Gasteiger charge is 2.20. The number of nitrogens with zero attached hydrogens (tertiary/aromatic N) is 3. The molecule has 0 saturated heterocycles. The van der Waals surface area contributed by atoms with Crippen LogP contribution in [0.15, 0.2) is 30.3 Å². The van der Waals surface area contributed by atoms with E-state index in [2.05, 4.69) is 20.3 Å². The van der Waals surface area contributed by atoms with Crippen LogP contribution in [0, 0.1) is 5.92 Å². The quantitative estimate of drug-likeness (QED) is 0.642. The van der Waals surface area contributed by atoms with Gasteiger partial charge < -0.3 is 21.5 Å². The van der Waals surface area contributed by atoms with Crippen molar-refractivity contribution in [2.24, 2.45) is 5.92 Å². The lowest BCUT2D eigenvalue weighted by molar-refractivity contribution is -0.147. The van der Waals surface area contributed by atoms with Gasteiger partial charge >= 0.3 is 5.97 Å². The smallest absolute Gasteiger partial charge is 0.311 e. The molecule has 2 rings (SSSR count). The molecule has 0 bridgehead atoms. The monoisotopic (exact) mass is 316 g/mol. The summed E-state index contributed by atoms with van der Waals surface area (Å²) >= 11 is 0. The van der Waals surface area contributed by atoms with Crippen molar-refractivity contribution in [2.45, 2.75) is 13.3 Å². The lowest BCUT2D eigenvalue weighted by atomic mass is 9.99. The van der Waals surface area contributed by atoms with E-state index in [1.165, 1.54) is 0 Å². The van der Waals surface area contributed by atoms with E-state index in [0.29, 0.717) is 19.6 Å². The summed E-state index contributed by atoms with van der Waals surface area (Å²) in [5.41, 5.74) is 12.1. The predicted molar refractivity (Wildman–Crippen MR) is 87.4 cm³/mol. The number of rotatable bonds is 7. The van der Waals surface area contributed by atoms with Crippen molar-refractivity contribution in [1.82, 2.24) is 15.0 Å². The van der Waals surface area contributed by atoms with Crippen LogP contribution < -0.4 is 16.8 Å². The molecule has 2 aromatic rings. The Bertz CT molecular complexity index is 629. The number of hydrogen-bond donors (Lipinski definition) is 3. The number of benzene rings is 1. The Morgan fingerprint density at radius 1 is 1.17 bits per heavy atom. The number of aromatic nitrogens is 3. The van der Waals surface area contributed by atoms with E-state index in [4.69, 9.17) is 16.2 Å². The fraction of sp³-hybridized carbons (Fsp3) is 0.333. The van der Waals surface area contributed by atoms with Crippen molar-refractivity contribution in [2.75, 3.05) is 29.9 Å².